The highest BCUT2D eigenvalue weighted by Crippen LogP contribution is 2.29. The molecule has 0 saturated heterocycles. The predicted octanol–water partition coefficient (Wildman–Crippen LogP) is 6.00. The molecule has 0 aliphatic carbocycles. The van der Waals surface area contributed by atoms with Crippen LogP contribution in [0.2, 0.25) is 10.0 Å². The lowest BCUT2D eigenvalue weighted by Gasteiger charge is -2.03. The molecule has 0 aliphatic rings. The van der Waals surface area contributed by atoms with E-state index in [2.05, 4.69) is 16.4 Å². The van der Waals surface area contributed by atoms with Crippen LogP contribution in [0.25, 0.3) is 16.8 Å². The van der Waals surface area contributed by atoms with Crippen LogP contribution in [-0.2, 0) is 0 Å². The fraction of sp³-hybridized carbons (Fsp3) is 0. The number of allylic oxidation sites excluding steroid dienone is 1. The van der Waals surface area contributed by atoms with Crippen LogP contribution in [0.1, 0.15) is 5.01 Å². The number of nitrogens with one attached hydrogen (secondary N) is 1. The molecular formula is C18H10Cl2N4O2S. The van der Waals surface area contributed by atoms with E-state index in [1.165, 1.54) is 29.7 Å². The lowest BCUT2D eigenvalue weighted by Crippen LogP contribution is -1.91. The number of nitro groups is 1. The van der Waals surface area contributed by atoms with Gasteiger partial charge in [-0.05, 0) is 18.2 Å². The van der Waals surface area contributed by atoms with E-state index in [-0.39, 0.29) is 5.69 Å². The van der Waals surface area contributed by atoms with E-state index in [0.717, 1.165) is 0 Å². The van der Waals surface area contributed by atoms with E-state index in [4.69, 9.17) is 23.2 Å². The van der Waals surface area contributed by atoms with Gasteiger partial charge in [0.1, 0.15) is 16.6 Å². The summed E-state index contributed by atoms with van der Waals surface area (Å²) in [6.07, 6.45) is 1.52. The maximum absolute atomic E-state index is 10.9. The first-order chi connectivity index (χ1) is 13.0. The van der Waals surface area contributed by atoms with Gasteiger partial charge in [0, 0.05) is 35.0 Å². The molecule has 0 bridgehead atoms. The number of rotatable bonds is 5. The van der Waals surface area contributed by atoms with E-state index < -0.39 is 4.92 Å². The van der Waals surface area contributed by atoms with Crippen molar-refractivity contribution in [2.45, 2.75) is 0 Å². The maximum Gasteiger partial charge on any atom is 0.270 e. The van der Waals surface area contributed by atoms with Crippen LogP contribution in [-0.4, -0.2) is 9.91 Å². The Morgan fingerprint density at radius 1 is 1.26 bits per heavy atom. The van der Waals surface area contributed by atoms with Gasteiger partial charge in [-0.3, -0.25) is 10.1 Å². The van der Waals surface area contributed by atoms with Gasteiger partial charge in [0.2, 0.25) is 0 Å². The van der Waals surface area contributed by atoms with Gasteiger partial charge >= 0.3 is 0 Å². The number of halogens is 2. The molecule has 6 nitrogen and oxygen atoms in total. The Hall–Kier alpha value is -2.92. The molecule has 0 amide bonds. The summed E-state index contributed by atoms with van der Waals surface area (Å²) in [7, 11) is 0. The number of hydrogen-bond acceptors (Lipinski definition) is 6. The number of aromatic nitrogens is 1. The first-order valence-corrected chi connectivity index (χ1v) is 9.14. The van der Waals surface area contributed by atoms with Crippen molar-refractivity contribution >= 4 is 51.5 Å². The van der Waals surface area contributed by atoms with E-state index >= 15 is 0 Å². The van der Waals surface area contributed by atoms with Crippen LogP contribution in [0.3, 0.4) is 0 Å². The first kappa shape index (κ1) is 18.9. The number of nitro benzene ring substituents is 1. The zero-order valence-electron chi connectivity index (χ0n) is 13.5. The standard InChI is InChI=1S/C18H10Cl2N4O2S/c19-15-5-4-13(7-16(15)20)22-9-12(8-21)18-23-17(10-27-18)11-2-1-3-14(6-11)24(25)26/h1-7,9-10,22H/b12-9+. The zero-order valence-corrected chi connectivity index (χ0v) is 15.8. The summed E-state index contributed by atoms with van der Waals surface area (Å²) in [5.74, 6) is 0. The van der Waals surface area contributed by atoms with E-state index in [1.807, 2.05) is 0 Å². The Kier molecular flexibility index (Phi) is 5.72. The number of nitriles is 1. The molecule has 0 atom stereocenters. The van der Waals surface area contributed by atoms with Crippen LogP contribution in [0.15, 0.2) is 54.0 Å². The Bertz CT molecular complexity index is 1090. The molecule has 27 heavy (non-hydrogen) atoms. The molecule has 1 N–H and O–H groups in total. The molecule has 2 aromatic carbocycles. The Labute approximate surface area is 168 Å². The molecule has 0 fully saturated rings. The summed E-state index contributed by atoms with van der Waals surface area (Å²) < 4.78 is 0. The molecule has 9 heteroatoms. The van der Waals surface area contributed by atoms with Gasteiger partial charge in [-0.2, -0.15) is 5.26 Å². The number of anilines is 1. The van der Waals surface area contributed by atoms with Crippen LogP contribution in [0.5, 0.6) is 0 Å². The summed E-state index contributed by atoms with van der Waals surface area (Å²) >= 11 is 13.1. The number of hydrogen-bond donors (Lipinski definition) is 1. The largest absolute Gasteiger partial charge is 0.360 e. The molecule has 3 rings (SSSR count). The van der Waals surface area contributed by atoms with Gasteiger partial charge in [0.25, 0.3) is 5.69 Å². The van der Waals surface area contributed by atoms with E-state index in [9.17, 15) is 15.4 Å². The van der Waals surface area contributed by atoms with Crippen molar-refractivity contribution in [3.05, 3.63) is 79.2 Å². The van der Waals surface area contributed by atoms with E-state index in [0.29, 0.717) is 37.6 Å². The van der Waals surface area contributed by atoms with Gasteiger partial charge in [-0.15, -0.1) is 11.3 Å². The molecule has 134 valence electrons. The third-order valence-electron chi connectivity index (χ3n) is 3.51. The zero-order chi connectivity index (χ0) is 19.4. The Morgan fingerprint density at radius 2 is 2.07 bits per heavy atom. The van der Waals surface area contributed by atoms with Crippen molar-refractivity contribution in [3.63, 3.8) is 0 Å². The highest BCUT2D eigenvalue weighted by Gasteiger charge is 2.12. The summed E-state index contributed by atoms with van der Waals surface area (Å²) in [4.78, 5) is 14.9. The third-order valence-corrected chi connectivity index (χ3v) is 5.13. The van der Waals surface area contributed by atoms with E-state index in [1.54, 1.807) is 35.7 Å². The quantitative estimate of drug-likeness (QED) is 0.312. The second kappa shape index (κ2) is 8.18. The second-order valence-electron chi connectivity index (χ2n) is 5.29. The van der Waals surface area contributed by atoms with Gasteiger partial charge in [-0.1, -0.05) is 35.3 Å². The number of non-ortho nitro benzene ring substituents is 1. The number of nitrogens with zero attached hydrogens (tertiary/aromatic N) is 3. The maximum atomic E-state index is 10.9. The average molecular weight is 417 g/mol. The summed E-state index contributed by atoms with van der Waals surface area (Å²) in [5, 5.41) is 26.4. The number of benzene rings is 2. The normalized spacial score (nSPS) is 11.1. The van der Waals surface area contributed by atoms with Crippen molar-refractivity contribution in [2.24, 2.45) is 0 Å². The van der Waals surface area contributed by atoms with Crippen LogP contribution in [0.4, 0.5) is 11.4 Å². The summed E-state index contributed by atoms with van der Waals surface area (Å²) in [6.45, 7) is 0. The fourth-order valence-electron chi connectivity index (χ4n) is 2.19. The van der Waals surface area contributed by atoms with Crippen molar-refractivity contribution in [2.75, 3.05) is 5.32 Å². The SMILES string of the molecule is N#C/C(=C\Nc1ccc(Cl)c(Cl)c1)c1nc(-c2cccc([N+](=O)[O-])c2)cs1. The van der Waals surface area contributed by atoms with Crippen molar-refractivity contribution in [1.29, 1.82) is 5.26 Å². The molecule has 1 heterocycles. The Morgan fingerprint density at radius 3 is 2.78 bits per heavy atom. The lowest BCUT2D eigenvalue weighted by molar-refractivity contribution is -0.384. The smallest absolute Gasteiger partial charge is 0.270 e. The summed E-state index contributed by atoms with van der Waals surface area (Å²) in [6, 6.07) is 13.3. The van der Waals surface area contributed by atoms with Crippen LogP contribution in [0, 0.1) is 21.4 Å². The average Bonchev–Trinajstić information content (AvgIpc) is 3.15. The minimum Gasteiger partial charge on any atom is -0.360 e. The highest BCUT2D eigenvalue weighted by molar-refractivity contribution is 7.11. The molecule has 3 aromatic rings. The van der Waals surface area contributed by atoms with Crippen molar-refractivity contribution < 1.29 is 4.92 Å². The number of thiazole rings is 1. The molecule has 0 saturated carbocycles. The van der Waals surface area contributed by atoms with Crippen LogP contribution >= 0.6 is 34.5 Å². The molecular weight excluding hydrogens is 407 g/mol. The van der Waals surface area contributed by atoms with Crippen molar-refractivity contribution in [1.82, 2.24) is 4.98 Å². The third kappa shape index (κ3) is 4.44. The predicted molar refractivity (Wildman–Crippen MR) is 108 cm³/mol. The topological polar surface area (TPSA) is 91.8 Å². The second-order valence-corrected chi connectivity index (χ2v) is 6.96. The van der Waals surface area contributed by atoms with Gasteiger partial charge < -0.3 is 5.32 Å². The molecule has 1 aromatic heterocycles. The molecule has 0 unspecified atom stereocenters. The first-order valence-electron chi connectivity index (χ1n) is 7.50. The Balaban J connectivity index is 1.85. The van der Waals surface area contributed by atoms with Crippen LogP contribution < -0.4 is 5.32 Å². The van der Waals surface area contributed by atoms with Gasteiger partial charge in [0.05, 0.1) is 20.7 Å². The van der Waals surface area contributed by atoms with Crippen molar-refractivity contribution in [3.8, 4) is 17.3 Å². The van der Waals surface area contributed by atoms with Gasteiger partial charge in [-0.25, -0.2) is 4.98 Å². The minimum atomic E-state index is -0.460. The molecule has 0 radical (unpaired) electrons. The molecule has 0 aliphatic heterocycles. The monoisotopic (exact) mass is 416 g/mol. The lowest BCUT2D eigenvalue weighted by atomic mass is 10.1. The molecule has 0 spiro atoms. The fourth-order valence-corrected chi connectivity index (χ4v) is 3.28. The van der Waals surface area contributed by atoms with Gasteiger partial charge in [0.15, 0.2) is 0 Å². The minimum absolute atomic E-state index is 0.0145. The highest BCUT2D eigenvalue weighted by atomic mass is 35.5. The summed E-state index contributed by atoms with van der Waals surface area (Å²) in [5.41, 5.74) is 2.16.